The van der Waals surface area contributed by atoms with Gasteiger partial charge in [0.15, 0.2) is 0 Å². The Kier molecular flexibility index (Phi) is 4.31. The summed E-state index contributed by atoms with van der Waals surface area (Å²) in [6, 6.07) is 14.6. The number of anilines is 1. The van der Waals surface area contributed by atoms with Gasteiger partial charge >= 0.3 is 6.18 Å². The molecule has 102 valence electrons. The van der Waals surface area contributed by atoms with Gasteiger partial charge in [-0.05, 0) is 24.3 Å². The second-order valence-corrected chi connectivity index (χ2v) is 4.06. The second-order valence-electron chi connectivity index (χ2n) is 4.06. The van der Waals surface area contributed by atoms with E-state index in [0.717, 1.165) is 11.6 Å². The fraction of sp³-hybridized carbons (Fsp3) is 0.125. The van der Waals surface area contributed by atoms with Crippen molar-refractivity contribution in [1.29, 1.82) is 0 Å². The largest absolute Gasteiger partial charge is 0.418 e. The summed E-state index contributed by atoms with van der Waals surface area (Å²) in [5.74, 6) is 5.68. The van der Waals surface area contributed by atoms with E-state index in [-0.39, 0.29) is 12.2 Å². The molecule has 0 radical (unpaired) electrons. The Morgan fingerprint density at radius 2 is 1.55 bits per heavy atom. The Bertz CT molecular complexity index is 621. The van der Waals surface area contributed by atoms with Crippen molar-refractivity contribution in [2.24, 2.45) is 0 Å². The minimum atomic E-state index is -4.36. The van der Waals surface area contributed by atoms with Crippen LogP contribution >= 0.6 is 0 Å². The summed E-state index contributed by atoms with van der Waals surface area (Å²) < 4.78 is 38.2. The average molecular weight is 275 g/mol. The van der Waals surface area contributed by atoms with Crippen LogP contribution in [0, 0.1) is 11.8 Å². The summed E-state index contributed by atoms with van der Waals surface area (Å²) in [4.78, 5) is 0. The van der Waals surface area contributed by atoms with Gasteiger partial charge in [-0.25, -0.2) is 0 Å². The van der Waals surface area contributed by atoms with Crippen molar-refractivity contribution in [3.05, 3.63) is 65.7 Å². The first-order valence-corrected chi connectivity index (χ1v) is 6.01. The lowest BCUT2D eigenvalue weighted by atomic mass is 10.1. The highest BCUT2D eigenvalue weighted by Crippen LogP contribution is 2.34. The molecule has 0 unspecified atom stereocenters. The quantitative estimate of drug-likeness (QED) is 0.811. The number of rotatable bonds is 2. The highest BCUT2D eigenvalue weighted by molar-refractivity contribution is 5.53. The maximum atomic E-state index is 12.7. The van der Waals surface area contributed by atoms with Crippen LogP contribution in [0.4, 0.5) is 18.9 Å². The molecule has 0 saturated carbocycles. The molecule has 0 aliphatic heterocycles. The third kappa shape index (κ3) is 3.79. The molecule has 0 amide bonds. The molecule has 20 heavy (non-hydrogen) atoms. The van der Waals surface area contributed by atoms with Crippen molar-refractivity contribution in [2.75, 3.05) is 11.9 Å². The number of benzene rings is 2. The third-order valence-corrected chi connectivity index (χ3v) is 2.61. The van der Waals surface area contributed by atoms with Crippen LogP contribution in [0.1, 0.15) is 11.1 Å². The number of hydrogen-bond donors (Lipinski definition) is 1. The number of halogens is 3. The standard InChI is InChI=1S/C16H12F3N/c17-16(18,19)14-10-4-5-11-15(14)20-12-6-9-13-7-2-1-3-8-13/h1-5,7-8,10-11,20H,12H2. The van der Waals surface area contributed by atoms with E-state index in [1.165, 1.54) is 12.1 Å². The number of nitrogens with one attached hydrogen (secondary N) is 1. The van der Waals surface area contributed by atoms with E-state index >= 15 is 0 Å². The van der Waals surface area contributed by atoms with Crippen molar-refractivity contribution < 1.29 is 13.2 Å². The molecule has 0 bridgehead atoms. The SMILES string of the molecule is FC(F)(F)c1ccccc1NCC#Cc1ccccc1. The van der Waals surface area contributed by atoms with Gasteiger partial charge in [-0.1, -0.05) is 42.2 Å². The van der Waals surface area contributed by atoms with E-state index in [1.807, 2.05) is 30.3 Å². The van der Waals surface area contributed by atoms with Gasteiger partial charge in [-0.2, -0.15) is 13.2 Å². The van der Waals surface area contributed by atoms with Gasteiger partial charge in [-0.15, -0.1) is 0 Å². The summed E-state index contributed by atoms with van der Waals surface area (Å²) in [7, 11) is 0. The van der Waals surface area contributed by atoms with Gasteiger partial charge in [0.05, 0.1) is 12.1 Å². The van der Waals surface area contributed by atoms with E-state index in [0.29, 0.717) is 0 Å². The summed E-state index contributed by atoms with van der Waals surface area (Å²) in [5.41, 5.74) is 0.197. The minimum absolute atomic E-state index is 0.0439. The highest BCUT2D eigenvalue weighted by Gasteiger charge is 2.32. The lowest BCUT2D eigenvalue weighted by molar-refractivity contribution is -0.136. The normalized spacial score (nSPS) is 10.6. The topological polar surface area (TPSA) is 12.0 Å². The van der Waals surface area contributed by atoms with Crippen LogP contribution in [0.5, 0.6) is 0 Å². The smallest absolute Gasteiger partial charge is 0.374 e. The Morgan fingerprint density at radius 3 is 2.25 bits per heavy atom. The molecule has 1 nitrogen and oxygen atoms in total. The van der Waals surface area contributed by atoms with Crippen LogP contribution in [0.3, 0.4) is 0 Å². The van der Waals surface area contributed by atoms with Gasteiger partial charge in [-0.3, -0.25) is 0 Å². The zero-order valence-electron chi connectivity index (χ0n) is 10.5. The van der Waals surface area contributed by atoms with Gasteiger partial charge in [0.1, 0.15) is 0 Å². The van der Waals surface area contributed by atoms with E-state index in [1.54, 1.807) is 6.07 Å². The van der Waals surface area contributed by atoms with Crippen LogP contribution in [0.15, 0.2) is 54.6 Å². The third-order valence-electron chi connectivity index (χ3n) is 2.61. The summed E-state index contributed by atoms with van der Waals surface area (Å²) in [6.45, 7) is 0.155. The van der Waals surface area contributed by atoms with E-state index in [4.69, 9.17) is 0 Å². The van der Waals surface area contributed by atoms with E-state index in [9.17, 15) is 13.2 Å². The molecular formula is C16H12F3N. The predicted octanol–water partition coefficient (Wildman–Crippen LogP) is 4.17. The minimum Gasteiger partial charge on any atom is -0.374 e. The molecule has 0 heterocycles. The summed E-state index contributed by atoms with van der Waals surface area (Å²) in [5, 5.41) is 2.70. The molecule has 2 aromatic rings. The fourth-order valence-electron chi connectivity index (χ4n) is 1.69. The van der Waals surface area contributed by atoms with Crippen LogP contribution in [-0.4, -0.2) is 6.54 Å². The predicted molar refractivity (Wildman–Crippen MR) is 73.3 cm³/mol. The lowest BCUT2D eigenvalue weighted by Crippen LogP contribution is -2.10. The second kappa shape index (κ2) is 6.16. The zero-order chi connectivity index (χ0) is 14.4. The molecule has 0 fully saturated rings. The van der Waals surface area contributed by atoms with Crippen LogP contribution in [0.25, 0.3) is 0 Å². The van der Waals surface area contributed by atoms with Gasteiger partial charge < -0.3 is 5.32 Å². The van der Waals surface area contributed by atoms with Crippen LogP contribution in [0.2, 0.25) is 0 Å². The fourth-order valence-corrected chi connectivity index (χ4v) is 1.69. The first kappa shape index (κ1) is 14.0. The number of hydrogen-bond acceptors (Lipinski definition) is 1. The van der Waals surface area contributed by atoms with Gasteiger partial charge in [0.25, 0.3) is 0 Å². The summed E-state index contributed by atoms with van der Waals surface area (Å²) >= 11 is 0. The molecular weight excluding hydrogens is 263 g/mol. The molecule has 4 heteroatoms. The first-order chi connectivity index (χ1) is 9.57. The molecule has 0 saturated heterocycles. The van der Waals surface area contributed by atoms with Gasteiger partial charge in [0.2, 0.25) is 0 Å². The first-order valence-electron chi connectivity index (χ1n) is 6.01. The molecule has 0 atom stereocenters. The lowest BCUT2D eigenvalue weighted by Gasteiger charge is -2.12. The Hall–Kier alpha value is -2.41. The molecule has 2 aromatic carbocycles. The van der Waals surface area contributed by atoms with Crippen molar-refractivity contribution in [3.8, 4) is 11.8 Å². The Labute approximate surface area is 115 Å². The average Bonchev–Trinajstić information content (AvgIpc) is 2.44. The van der Waals surface area contributed by atoms with Crippen molar-refractivity contribution in [2.45, 2.75) is 6.18 Å². The zero-order valence-corrected chi connectivity index (χ0v) is 10.5. The molecule has 0 spiro atoms. The molecule has 0 aliphatic rings. The van der Waals surface area contributed by atoms with Crippen molar-refractivity contribution in [3.63, 3.8) is 0 Å². The number of para-hydroxylation sites is 1. The Balaban J connectivity index is 2.04. The van der Waals surface area contributed by atoms with Crippen LogP contribution < -0.4 is 5.32 Å². The summed E-state index contributed by atoms with van der Waals surface area (Å²) in [6.07, 6.45) is -4.36. The van der Waals surface area contributed by atoms with Crippen LogP contribution in [-0.2, 0) is 6.18 Å². The molecule has 2 rings (SSSR count). The molecule has 0 aromatic heterocycles. The monoisotopic (exact) mass is 275 g/mol. The van der Waals surface area contributed by atoms with Gasteiger partial charge in [0, 0.05) is 11.3 Å². The van der Waals surface area contributed by atoms with E-state index < -0.39 is 11.7 Å². The van der Waals surface area contributed by atoms with Crippen molar-refractivity contribution >= 4 is 5.69 Å². The molecule has 1 N–H and O–H groups in total. The maximum Gasteiger partial charge on any atom is 0.418 e. The Morgan fingerprint density at radius 1 is 0.900 bits per heavy atom. The highest BCUT2D eigenvalue weighted by atomic mass is 19.4. The van der Waals surface area contributed by atoms with E-state index in [2.05, 4.69) is 17.2 Å². The molecule has 0 aliphatic carbocycles. The number of alkyl halides is 3. The maximum absolute atomic E-state index is 12.7. The van der Waals surface area contributed by atoms with Crippen molar-refractivity contribution in [1.82, 2.24) is 0 Å².